The molecule has 4 nitrogen and oxygen atoms in total. The summed E-state index contributed by atoms with van der Waals surface area (Å²) >= 11 is 0. The Morgan fingerprint density at radius 3 is 2.81 bits per heavy atom. The highest BCUT2D eigenvalue weighted by molar-refractivity contribution is 5.43. The van der Waals surface area contributed by atoms with Gasteiger partial charge in [-0.3, -0.25) is 0 Å². The van der Waals surface area contributed by atoms with Gasteiger partial charge in [0.15, 0.2) is 5.65 Å². The first kappa shape index (κ1) is 14.3. The molecule has 1 aliphatic carbocycles. The summed E-state index contributed by atoms with van der Waals surface area (Å²) < 4.78 is 14.7. The molecule has 0 saturated heterocycles. The van der Waals surface area contributed by atoms with Crippen LogP contribution in [0.15, 0.2) is 18.3 Å². The van der Waals surface area contributed by atoms with Crippen LogP contribution in [0.2, 0.25) is 0 Å². The summed E-state index contributed by atoms with van der Waals surface area (Å²) in [6.07, 6.45) is 7.78. The molecule has 0 bridgehead atoms. The fourth-order valence-corrected chi connectivity index (χ4v) is 3.64. The van der Waals surface area contributed by atoms with Crippen molar-refractivity contribution in [2.45, 2.75) is 46.0 Å². The van der Waals surface area contributed by atoms with E-state index in [0.717, 1.165) is 6.54 Å². The molecule has 1 N–H and O–H groups in total. The number of pyridine rings is 1. The topological polar surface area (TPSA) is 42.2 Å². The van der Waals surface area contributed by atoms with Gasteiger partial charge in [-0.05, 0) is 42.7 Å². The Kier molecular flexibility index (Phi) is 3.83. The molecule has 2 aromatic heterocycles. The smallest absolute Gasteiger partial charge is 0.243 e. The summed E-state index contributed by atoms with van der Waals surface area (Å²) in [4.78, 5) is 4.40. The molecule has 0 atom stereocenters. The highest BCUT2D eigenvalue weighted by atomic mass is 19.1. The zero-order valence-corrected chi connectivity index (χ0v) is 12.8. The van der Waals surface area contributed by atoms with E-state index in [2.05, 4.69) is 29.2 Å². The summed E-state index contributed by atoms with van der Waals surface area (Å²) in [5.74, 6) is 0.995. The van der Waals surface area contributed by atoms with Crippen LogP contribution in [0.3, 0.4) is 0 Å². The van der Waals surface area contributed by atoms with Gasteiger partial charge in [0, 0.05) is 6.54 Å². The normalized spacial score (nSPS) is 17.7. The Balaban J connectivity index is 1.72. The molecule has 114 valence electrons. The lowest BCUT2D eigenvalue weighted by atomic mass is 9.78. The minimum absolute atomic E-state index is 0.300. The molecule has 0 radical (unpaired) electrons. The van der Waals surface area contributed by atoms with Crippen molar-refractivity contribution in [3.63, 3.8) is 0 Å². The maximum Gasteiger partial charge on any atom is 0.243 e. The van der Waals surface area contributed by atoms with E-state index in [1.54, 1.807) is 6.07 Å². The van der Waals surface area contributed by atoms with Crippen molar-refractivity contribution in [3.05, 3.63) is 24.1 Å². The zero-order valence-electron chi connectivity index (χ0n) is 12.8. The molecule has 1 fully saturated rings. The lowest BCUT2D eigenvalue weighted by Crippen LogP contribution is -2.28. The molecule has 1 aliphatic rings. The van der Waals surface area contributed by atoms with Crippen molar-refractivity contribution in [1.29, 1.82) is 0 Å². The maximum absolute atomic E-state index is 13.2. The molecule has 0 aromatic carbocycles. The van der Waals surface area contributed by atoms with Crippen molar-refractivity contribution in [2.75, 3.05) is 11.9 Å². The number of aromatic nitrogens is 3. The Hall–Kier alpha value is -1.65. The fraction of sp³-hybridized carbons (Fsp3) is 0.625. The predicted octanol–water partition coefficient (Wildman–Crippen LogP) is 3.89. The molecule has 2 aromatic rings. The van der Waals surface area contributed by atoms with E-state index in [9.17, 15) is 4.39 Å². The predicted molar refractivity (Wildman–Crippen MR) is 81.8 cm³/mol. The molecular formula is C16H23FN4. The quantitative estimate of drug-likeness (QED) is 0.908. The molecular weight excluding hydrogens is 267 g/mol. The van der Waals surface area contributed by atoms with Crippen LogP contribution in [0.5, 0.6) is 0 Å². The SMILES string of the molecule is CC(C)CC1(CNc2nc3ccc(F)cn3n2)CCCC1. The second kappa shape index (κ2) is 5.62. The molecule has 2 heterocycles. The van der Waals surface area contributed by atoms with Gasteiger partial charge in [-0.1, -0.05) is 26.7 Å². The Bertz CT molecular complexity index is 614. The van der Waals surface area contributed by atoms with Crippen LogP contribution in [-0.2, 0) is 0 Å². The summed E-state index contributed by atoms with van der Waals surface area (Å²) in [5.41, 5.74) is 1.04. The van der Waals surface area contributed by atoms with E-state index in [4.69, 9.17) is 0 Å². The van der Waals surface area contributed by atoms with Crippen LogP contribution < -0.4 is 5.32 Å². The van der Waals surface area contributed by atoms with Crippen molar-refractivity contribution >= 4 is 11.6 Å². The number of nitrogens with one attached hydrogen (secondary N) is 1. The first-order chi connectivity index (χ1) is 10.1. The van der Waals surface area contributed by atoms with Gasteiger partial charge in [-0.2, -0.15) is 4.98 Å². The Labute approximate surface area is 124 Å². The lowest BCUT2D eigenvalue weighted by molar-refractivity contribution is 0.252. The van der Waals surface area contributed by atoms with Gasteiger partial charge < -0.3 is 5.32 Å². The number of nitrogens with zero attached hydrogens (tertiary/aromatic N) is 3. The van der Waals surface area contributed by atoms with Crippen LogP contribution in [0.25, 0.3) is 5.65 Å². The van der Waals surface area contributed by atoms with Crippen LogP contribution in [0.1, 0.15) is 46.0 Å². The van der Waals surface area contributed by atoms with E-state index in [-0.39, 0.29) is 5.82 Å². The monoisotopic (exact) mass is 290 g/mol. The second-order valence-electron chi connectivity index (χ2n) is 6.74. The molecule has 5 heteroatoms. The molecule has 0 aliphatic heterocycles. The minimum atomic E-state index is -0.300. The third-order valence-electron chi connectivity index (χ3n) is 4.42. The molecule has 0 spiro atoms. The number of fused-ring (bicyclic) bond motifs is 1. The highest BCUT2D eigenvalue weighted by Gasteiger charge is 2.34. The summed E-state index contributed by atoms with van der Waals surface area (Å²) in [7, 11) is 0. The average Bonchev–Trinajstić information content (AvgIpc) is 3.02. The van der Waals surface area contributed by atoms with Gasteiger partial charge in [0.2, 0.25) is 5.95 Å². The average molecular weight is 290 g/mol. The van der Waals surface area contributed by atoms with E-state index in [1.165, 1.54) is 48.9 Å². The molecule has 3 rings (SSSR count). The second-order valence-corrected chi connectivity index (χ2v) is 6.74. The van der Waals surface area contributed by atoms with E-state index in [1.807, 2.05) is 0 Å². The van der Waals surface area contributed by atoms with Crippen molar-refractivity contribution < 1.29 is 4.39 Å². The van der Waals surface area contributed by atoms with Crippen molar-refractivity contribution in [1.82, 2.24) is 14.6 Å². The number of hydrogen-bond donors (Lipinski definition) is 1. The Morgan fingerprint density at radius 1 is 1.33 bits per heavy atom. The molecule has 0 unspecified atom stereocenters. The fourth-order valence-electron chi connectivity index (χ4n) is 3.64. The first-order valence-electron chi connectivity index (χ1n) is 7.82. The highest BCUT2D eigenvalue weighted by Crippen LogP contribution is 2.43. The number of hydrogen-bond acceptors (Lipinski definition) is 3. The van der Waals surface area contributed by atoms with E-state index in [0.29, 0.717) is 22.9 Å². The number of rotatable bonds is 5. The van der Waals surface area contributed by atoms with Gasteiger partial charge in [-0.15, -0.1) is 5.10 Å². The van der Waals surface area contributed by atoms with Crippen LogP contribution in [-0.4, -0.2) is 21.1 Å². The summed E-state index contributed by atoms with van der Waals surface area (Å²) in [5, 5.41) is 7.68. The van der Waals surface area contributed by atoms with Gasteiger partial charge in [-0.25, -0.2) is 8.91 Å². The van der Waals surface area contributed by atoms with Crippen molar-refractivity contribution in [3.8, 4) is 0 Å². The van der Waals surface area contributed by atoms with Gasteiger partial charge in [0.25, 0.3) is 0 Å². The van der Waals surface area contributed by atoms with E-state index >= 15 is 0 Å². The Morgan fingerprint density at radius 2 is 2.10 bits per heavy atom. The number of halogens is 1. The summed E-state index contributed by atoms with van der Waals surface area (Å²) in [6.45, 7) is 5.47. The van der Waals surface area contributed by atoms with Gasteiger partial charge >= 0.3 is 0 Å². The molecule has 1 saturated carbocycles. The van der Waals surface area contributed by atoms with Crippen LogP contribution in [0.4, 0.5) is 10.3 Å². The maximum atomic E-state index is 13.2. The molecule has 0 amide bonds. The third kappa shape index (κ3) is 3.17. The van der Waals surface area contributed by atoms with Crippen LogP contribution >= 0.6 is 0 Å². The van der Waals surface area contributed by atoms with Crippen LogP contribution in [0, 0.1) is 17.2 Å². The molecule has 21 heavy (non-hydrogen) atoms. The standard InChI is InChI=1S/C16H23FN4/c1-12(2)9-16(7-3-4-8-16)11-18-15-19-14-6-5-13(17)10-21(14)20-15/h5-6,10,12H,3-4,7-9,11H2,1-2H3,(H,18,20). The van der Waals surface area contributed by atoms with E-state index < -0.39 is 0 Å². The van der Waals surface area contributed by atoms with Gasteiger partial charge in [0.1, 0.15) is 5.82 Å². The largest absolute Gasteiger partial charge is 0.352 e. The minimum Gasteiger partial charge on any atom is -0.352 e. The van der Waals surface area contributed by atoms with Gasteiger partial charge in [0.05, 0.1) is 6.20 Å². The van der Waals surface area contributed by atoms with Crippen molar-refractivity contribution in [2.24, 2.45) is 11.3 Å². The first-order valence-corrected chi connectivity index (χ1v) is 7.82. The zero-order chi connectivity index (χ0) is 14.9. The number of anilines is 1. The summed E-state index contributed by atoms with van der Waals surface area (Å²) in [6, 6.07) is 3.05. The third-order valence-corrected chi connectivity index (χ3v) is 4.42. The lowest BCUT2D eigenvalue weighted by Gasteiger charge is -2.30.